The molecule has 2 N–H and O–H groups in total. The van der Waals surface area contributed by atoms with Gasteiger partial charge in [-0.25, -0.2) is 4.98 Å². The van der Waals surface area contributed by atoms with E-state index in [0.717, 1.165) is 42.1 Å². The molecule has 1 aliphatic heterocycles. The van der Waals surface area contributed by atoms with Gasteiger partial charge in [0.1, 0.15) is 37.5 Å². The van der Waals surface area contributed by atoms with Crippen molar-refractivity contribution in [3.05, 3.63) is 34.0 Å². The average Bonchev–Trinajstić information content (AvgIpc) is 3.26. The molecular weight excluding hydrogens is 537 g/mol. The van der Waals surface area contributed by atoms with E-state index in [1.54, 1.807) is 16.9 Å². The van der Waals surface area contributed by atoms with E-state index in [4.69, 9.17) is 9.72 Å². The molecule has 4 heterocycles. The number of aromatic nitrogens is 4. The maximum absolute atomic E-state index is 13.6. The summed E-state index contributed by atoms with van der Waals surface area (Å²) in [4.78, 5) is 29.1. The monoisotopic (exact) mass is 583 g/mol. The number of ether oxygens (including phenoxy) is 1. The number of quaternary nitrogens is 2. The minimum atomic E-state index is 0. The van der Waals surface area contributed by atoms with E-state index in [9.17, 15) is 4.79 Å². The molecule has 220 valence electrons. The van der Waals surface area contributed by atoms with Gasteiger partial charge in [-0.15, -0.1) is 0 Å². The number of nitrogens with zero attached hydrogens (tertiary/aromatic N) is 5. The number of hydrogen-bond donors (Lipinski definition) is 2. The highest BCUT2D eigenvalue weighted by molar-refractivity contribution is 5.77. The topological polar surface area (TPSA) is 73.5 Å². The lowest BCUT2D eigenvalue weighted by Crippen LogP contribution is -3.28. The molecule has 1 fully saturated rings. The van der Waals surface area contributed by atoms with Gasteiger partial charge in [0, 0.05) is 32.0 Å². The maximum Gasteiger partial charge on any atom is 0.277 e. The van der Waals surface area contributed by atoms with Crippen LogP contribution >= 0.6 is 0 Å². The second-order valence-electron chi connectivity index (χ2n) is 10.5. The zero-order chi connectivity index (χ0) is 26.4. The number of aryl methyl sites for hydroxylation is 3. The highest BCUT2D eigenvalue weighted by Gasteiger charge is 2.24. The lowest BCUT2D eigenvalue weighted by molar-refractivity contribution is -1.01. The number of pyridine rings is 1. The van der Waals surface area contributed by atoms with Crippen molar-refractivity contribution in [3.8, 4) is 5.88 Å². The summed E-state index contributed by atoms with van der Waals surface area (Å²) in [5, 5.41) is 0. The number of rotatable bonds is 13. The Labute approximate surface area is 245 Å². The first-order chi connectivity index (χ1) is 18.0. The van der Waals surface area contributed by atoms with Crippen LogP contribution in [0.5, 0.6) is 5.88 Å². The molecule has 0 atom stereocenters. The van der Waals surface area contributed by atoms with Gasteiger partial charge < -0.3 is 43.9 Å². The van der Waals surface area contributed by atoms with E-state index < -0.39 is 0 Å². The molecule has 3 aromatic rings. The highest BCUT2D eigenvalue weighted by Crippen LogP contribution is 2.20. The highest BCUT2D eigenvalue weighted by atomic mass is 35.5. The van der Waals surface area contributed by atoms with Gasteiger partial charge in [0.25, 0.3) is 5.56 Å². The van der Waals surface area contributed by atoms with Crippen molar-refractivity contribution in [1.82, 2.24) is 23.8 Å². The van der Waals surface area contributed by atoms with Crippen LogP contribution in [0.3, 0.4) is 0 Å². The number of nitrogens with one attached hydrogen (secondary N) is 2. The van der Waals surface area contributed by atoms with Gasteiger partial charge in [-0.3, -0.25) is 14.1 Å². The fourth-order valence-corrected chi connectivity index (χ4v) is 5.90. The van der Waals surface area contributed by atoms with Gasteiger partial charge in [-0.05, 0) is 38.9 Å². The molecule has 11 heteroatoms. The Bertz CT molecular complexity index is 1230. The molecule has 0 spiro atoms. The van der Waals surface area contributed by atoms with E-state index in [0.29, 0.717) is 17.9 Å². The van der Waals surface area contributed by atoms with Gasteiger partial charge >= 0.3 is 0 Å². The van der Waals surface area contributed by atoms with Gasteiger partial charge in [-0.1, -0.05) is 20.8 Å². The fraction of sp³-hybridized carbons (Fsp3) is 0.679. The van der Waals surface area contributed by atoms with Crippen LogP contribution in [0.4, 0.5) is 0 Å². The Morgan fingerprint density at radius 2 is 1.59 bits per heavy atom. The van der Waals surface area contributed by atoms with E-state index in [1.807, 2.05) is 28.0 Å². The number of halogens is 2. The van der Waals surface area contributed by atoms with Crippen molar-refractivity contribution in [1.29, 1.82) is 0 Å². The second kappa shape index (κ2) is 15.8. The molecule has 39 heavy (non-hydrogen) atoms. The third kappa shape index (κ3) is 7.64. The van der Waals surface area contributed by atoms with Gasteiger partial charge in [0.15, 0.2) is 5.65 Å². The summed E-state index contributed by atoms with van der Waals surface area (Å²) in [7, 11) is 1.62. The number of hydrogen-bond acceptors (Lipinski definition) is 5. The third-order valence-corrected chi connectivity index (χ3v) is 7.86. The van der Waals surface area contributed by atoms with E-state index in [-0.39, 0.29) is 30.4 Å². The van der Waals surface area contributed by atoms with Crippen LogP contribution in [0, 0.1) is 6.92 Å². The molecule has 9 nitrogen and oxygen atoms in total. The Hall–Kier alpha value is -1.91. The lowest BCUT2D eigenvalue weighted by Gasteiger charge is -2.31. The standard InChI is InChI=1S/C28H45N7O2.2ClH/c1-6-12-31(13-7-2)16-19-33-20-17-32(18-21-33)14-9-15-34-23-10-11-25(37-5)30-27(23)35-24(8-3)29-22(4)26(35)28(34)36;;/h10-11H,6-9,12-21H2,1-5H3;2*1H. The van der Waals surface area contributed by atoms with Crippen LogP contribution in [0.1, 0.15) is 51.6 Å². The Morgan fingerprint density at radius 1 is 0.949 bits per heavy atom. The Balaban J connectivity index is 0.00000267. The van der Waals surface area contributed by atoms with Gasteiger partial charge in [0.05, 0.1) is 31.4 Å². The summed E-state index contributed by atoms with van der Waals surface area (Å²) in [6.45, 7) is 20.1. The summed E-state index contributed by atoms with van der Waals surface area (Å²) >= 11 is 0. The summed E-state index contributed by atoms with van der Waals surface area (Å²) < 4.78 is 9.24. The van der Waals surface area contributed by atoms with Crippen molar-refractivity contribution in [2.45, 2.75) is 59.9 Å². The number of methoxy groups -OCH3 is 1. The molecule has 0 radical (unpaired) electrons. The van der Waals surface area contributed by atoms with Crippen molar-refractivity contribution in [3.63, 3.8) is 0 Å². The fourth-order valence-electron chi connectivity index (χ4n) is 5.90. The predicted molar refractivity (Wildman–Crippen MR) is 148 cm³/mol. The summed E-state index contributed by atoms with van der Waals surface area (Å²) in [5.41, 5.74) is 3.02. The molecule has 0 aromatic carbocycles. The second-order valence-corrected chi connectivity index (χ2v) is 10.5. The molecule has 1 aliphatic rings. The van der Waals surface area contributed by atoms with Crippen LogP contribution in [0.2, 0.25) is 0 Å². The first kappa shape index (κ1) is 33.3. The molecule has 0 unspecified atom stereocenters. The first-order valence-corrected chi connectivity index (χ1v) is 14.4. The zero-order valence-corrected chi connectivity index (χ0v) is 25.9. The van der Waals surface area contributed by atoms with Crippen molar-refractivity contribution in [2.24, 2.45) is 0 Å². The predicted octanol–water partition coefficient (Wildman–Crippen LogP) is -5.77. The molecule has 0 aliphatic carbocycles. The quantitative estimate of drug-likeness (QED) is 0.210. The summed E-state index contributed by atoms with van der Waals surface area (Å²) in [5.74, 6) is 1.41. The lowest BCUT2D eigenvalue weighted by atomic mass is 10.2. The van der Waals surface area contributed by atoms with E-state index in [1.165, 1.54) is 65.2 Å². The minimum absolute atomic E-state index is 0. The average molecular weight is 585 g/mol. The SMILES string of the molecule is CCCN(CCC)CC[NH+]1CC[NH+](CCCn2c(=O)c3c(C)nc(CC)n3c3nc(OC)ccc32)CC1.[Cl-].[Cl-]. The smallest absolute Gasteiger partial charge is 0.277 e. The molecule has 0 bridgehead atoms. The molecule has 0 saturated carbocycles. The number of piperazine rings is 1. The normalized spacial score (nSPS) is 17.4. The van der Waals surface area contributed by atoms with Crippen molar-refractivity contribution in [2.75, 3.05) is 66.0 Å². The Kier molecular flexibility index (Phi) is 13.5. The maximum atomic E-state index is 13.6. The van der Waals surface area contributed by atoms with Crippen LogP contribution in [-0.2, 0) is 13.0 Å². The molecule has 4 rings (SSSR count). The van der Waals surface area contributed by atoms with Crippen molar-refractivity contribution < 1.29 is 39.4 Å². The summed E-state index contributed by atoms with van der Waals surface area (Å²) in [6, 6.07) is 3.81. The number of imidazole rings is 1. The zero-order valence-electron chi connectivity index (χ0n) is 24.4. The molecule has 1 saturated heterocycles. The molecular formula is C28H47Cl2N7O2. The number of fused-ring (bicyclic) bond motifs is 3. The van der Waals surface area contributed by atoms with Gasteiger partial charge in [0.2, 0.25) is 5.88 Å². The third-order valence-electron chi connectivity index (χ3n) is 7.86. The van der Waals surface area contributed by atoms with Gasteiger partial charge in [-0.2, -0.15) is 4.98 Å². The molecule has 3 aromatic heterocycles. The van der Waals surface area contributed by atoms with E-state index >= 15 is 0 Å². The van der Waals surface area contributed by atoms with Crippen molar-refractivity contribution >= 4 is 16.7 Å². The Morgan fingerprint density at radius 3 is 2.18 bits per heavy atom. The van der Waals surface area contributed by atoms with Crippen LogP contribution in [0.25, 0.3) is 16.7 Å². The van der Waals surface area contributed by atoms with Crippen LogP contribution in [0.15, 0.2) is 16.9 Å². The largest absolute Gasteiger partial charge is 1.00 e. The summed E-state index contributed by atoms with van der Waals surface area (Å²) in [6.07, 6.45) is 4.18. The minimum Gasteiger partial charge on any atom is -1.00 e. The first-order valence-electron chi connectivity index (χ1n) is 14.4. The van der Waals surface area contributed by atoms with Crippen LogP contribution in [-0.4, -0.2) is 89.8 Å². The van der Waals surface area contributed by atoms with Crippen LogP contribution < -0.4 is 44.9 Å². The molecule has 0 amide bonds. The van der Waals surface area contributed by atoms with E-state index in [2.05, 4.69) is 30.7 Å².